The van der Waals surface area contributed by atoms with Crippen LogP contribution in [0.2, 0.25) is 0 Å². The Bertz CT molecular complexity index is 501. The van der Waals surface area contributed by atoms with Crippen molar-refractivity contribution in [3.8, 4) is 0 Å². The molecule has 2 aliphatic carbocycles. The molecule has 2 rings (SSSR count). The van der Waals surface area contributed by atoms with E-state index in [2.05, 4.69) is 13.5 Å². The number of hydrogen-bond acceptors (Lipinski definition) is 0. The largest absolute Gasteiger partial charge is 0.244 e. The van der Waals surface area contributed by atoms with E-state index in [4.69, 9.17) is 0 Å². The van der Waals surface area contributed by atoms with E-state index in [-0.39, 0.29) is 17.8 Å². The third-order valence-corrected chi connectivity index (χ3v) is 8.58. The minimum absolute atomic E-state index is 0.0216. The zero-order valence-corrected chi connectivity index (χ0v) is 19.5. The first kappa shape index (κ1) is 25.7. The topological polar surface area (TPSA) is 0 Å². The summed E-state index contributed by atoms with van der Waals surface area (Å²) in [7, 11) is 0. The first-order chi connectivity index (χ1) is 14.2. The van der Waals surface area contributed by atoms with Crippen LogP contribution >= 0.6 is 0 Å². The molecule has 0 aromatic heterocycles. The lowest BCUT2D eigenvalue weighted by atomic mass is 9.64. The molecule has 2 saturated carbocycles. The fourth-order valence-electron chi connectivity index (χ4n) is 6.08. The van der Waals surface area contributed by atoms with Crippen LogP contribution in [0.15, 0.2) is 12.7 Å². The quantitative estimate of drug-likeness (QED) is 0.240. The summed E-state index contributed by atoms with van der Waals surface area (Å²) < 4.78 is 60.8. The van der Waals surface area contributed by atoms with Crippen LogP contribution in [0.4, 0.5) is 17.6 Å². The number of hydrogen-bond donors (Lipinski definition) is 0. The number of rotatable bonds is 10. The molecule has 0 amide bonds. The van der Waals surface area contributed by atoms with Crippen LogP contribution in [0, 0.1) is 41.4 Å². The van der Waals surface area contributed by atoms with E-state index in [1.165, 1.54) is 0 Å². The van der Waals surface area contributed by atoms with Gasteiger partial charge in [-0.1, -0.05) is 53.0 Å². The molecule has 4 heteroatoms. The molecule has 0 spiro atoms. The summed E-state index contributed by atoms with van der Waals surface area (Å²) in [5, 5.41) is 0. The monoisotopic (exact) mass is 432 g/mol. The van der Waals surface area contributed by atoms with Gasteiger partial charge in [-0.05, 0) is 80.0 Å². The van der Waals surface area contributed by atoms with Gasteiger partial charge in [0.25, 0.3) is 0 Å². The third-order valence-electron chi connectivity index (χ3n) is 8.58. The van der Waals surface area contributed by atoms with Crippen LogP contribution in [0.1, 0.15) is 85.5 Å². The standard InChI is InChI=1S/C26H44F4/c1-6-8-9-17(4)18(5)23(27)24(28)20(7-2)22-15-14-21(25(29)26(22)30)19-12-10-16(3)11-13-19/h6,16-26H,1,7-15H2,2-5H3. The maximum atomic E-state index is 15.3. The highest BCUT2D eigenvalue weighted by Gasteiger charge is 2.49. The second-order valence-electron chi connectivity index (χ2n) is 10.5. The molecular formula is C26H44F4. The Morgan fingerprint density at radius 3 is 2.13 bits per heavy atom. The van der Waals surface area contributed by atoms with Gasteiger partial charge in [-0.25, -0.2) is 17.6 Å². The zero-order valence-electron chi connectivity index (χ0n) is 19.5. The van der Waals surface area contributed by atoms with Crippen molar-refractivity contribution in [2.45, 2.75) is 110 Å². The second kappa shape index (κ2) is 11.9. The molecule has 0 bridgehead atoms. The van der Waals surface area contributed by atoms with Crippen LogP contribution in [0.25, 0.3) is 0 Å². The highest BCUT2D eigenvalue weighted by molar-refractivity contribution is 4.97. The van der Waals surface area contributed by atoms with Gasteiger partial charge in [-0.2, -0.15) is 0 Å². The highest BCUT2D eigenvalue weighted by Crippen LogP contribution is 2.47. The van der Waals surface area contributed by atoms with Crippen molar-refractivity contribution < 1.29 is 17.6 Å². The summed E-state index contributed by atoms with van der Waals surface area (Å²) in [6.07, 6.45) is 2.28. The molecule has 0 aromatic carbocycles. The van der Waals surface area contributed by atoms with Crippen molar-refractivity contribution in [3.05, 3.63) is 12.7 Å². The van der Waals surface area contributed by atoms with Crippen LogP contribution in [-0.4, -0.2) is 24.7 Å². The van der Waals surface area contributed by atoms with E-state index in [1.54, 1.807) is 19.9 Å². The third kappa shape index (κ3) is 6.03. The maximum absolute atomic E-state index is 15.3. The zero-order chi connectivity index (χ0) is 22.4. The Labute approximate surface area is 182 Å². The van der Waals surface area contributed by atoms with Crippen molar-refractivity contribution in [1.29, 1.82) is 0 Å². The predicted molar refractivity (Wildman–Crippen MR) is 118 cm³/mol. The first-order valence-electron chi connectivity index (χ1n) is 12.4. The van der Waals surface area contributed by atoms with Gasteiger partial charge in [0.1, 0.15) is 24.7 Å². The van der Waals surface area contributed by atoms with Gasteiger partial charge < -0.3 is 0 Å². The van der Waals surface area contributed by atoms with Crippen molar-refractivity contribution in [2.75, 3.05) is 0 Å². The van der Waals surface area contributed by atoms with Crippen molar-refractivity contribution in [3.63, 3.8) is 0 Å². The Hall–Kier alpha value is -0.540. The molecule has 2 fully saturated rings. The molecule has 9 atom stereocenters. The smallest absolute Gasteiger partial charge is 0.135 e. The van der Waals surface area contributed by atoms with Gasteiger partial charge in [-0.3, -0.25) is 0 Å². The van der Waals surface area contributed by atoms with Crippen molar-refractivity contribution in [2.24, 2.45) is 41.4 Å². The van der Waals surface area contributed by atoms with Gasteiger partial charge in [0, 0.05) is 0 Å². The second-order valence-corrected chi connectivity index (χ2v) is 10.5. The molecule has 0 N–H and O–H groups in total. The van der Waals surface area contributed by atoms with E-state index in [0.717, 1.165) is 38.5 Å². The van der Waals surface area contributed by atoms with Gasteiger partial charge in [-0.15, -0.1) is 6.58 Å². The van der Waals surface area contributed by atoms with Gasteiger partial charge in [0.2, 0.25) is 0 Å². The molecule has 0 aliphatic heterocycles. The molecule has 176 valence electrons. The molecule has 9 unspecified atom stereocenters. The average molecular weight is 433 g/mol. The van der Waals surface area contributed by atoms with E-state index in [1.807, 2.05) is 6.92 Å². The molecular weight excluding hydrogens is 388 g/mol. The maximum Gasteiger partial charge on any atom is 0.135 e. The molecule has 2 aliphatic rings. The van der Waals surface area contributed by atoms with E-state index >= 15 is 17.6 Å². The summed E-state index contributed by atoms with van der Waals surface area (Å²) in [6, 6.07) is 0. The van der Waals surface area contributed by atoms with Crippen molar-refractivity contribution in [1.82, 2.24) is 0 Å². The normalized spacial score (nSPS) is 37.7. The summed E-state index contributed by atoms with van der Waals surface area (Å²) in [5.74, 6) is -1.23. The Balaban J connectivity index is 2.01. The molecule has 0 radical (unpaired) electrons. The lowest BCUT2D eigenvalue weighted by Crippen LogP contribution is -2.48. The minimum atomic E-state index is -1.74. The van der Waals surface area contributed by atoms with E-state index < -0.39 is 42.4 Å². The number of alkyl halides is 4. The molecule has 0 heterocycles. The number of allylic oxidation sites excluding steroid dienone is 1. The predicted octanol–water partition coefficient (Wildman–Crippen LogP) is 8.46. The average Bonchev–Trinajstić information content (AvgIpc) is 2.75. The summed E-state index contributed by atoms with van der Waals surface area (Å²) in [6.45, 7) is 11.4. The van der Waals surface area contributed by atoms with E-state index in [9.17, 15) is 0 Å². The van der Waals surface area contributed by atoms with Crippen LogP contribution in [-0.2, 0) is 0 Å². The van der Waals surface area contributed by atoms with E-state index in [0.29, 0.717) is 25.2 Å². The Morgan fingerprint density at radius 1 is 0.933 bits per heavy atom. The lowest BCUT2D eigenvalue weighted by Gasteiger charge is -2.44. The molecule has 0 nitrogen and oxygen atoms in total. The fraction of sp³-hybridized carbons (Fsp3) is 0.923. The van der Waals surface area contributed by atoms with Crippen LogP contribution in [0.3, 0.4) is 0 Å². The molecule has 0 saturated heterocycles. The van der Waals surface area contributed by atoms with Crippen LogP contribution in [0.5, 0.6) is 0 Å². The molecule has 30 heavy (non-hydrogen) atoms. The fourth-order valence-corrected chi connectivity index (χ4v) is 6.08. The first-order valence-corrected chi connectivity index (χ1v) is 12.4. The van der Waals surface area contributed by atoms with Gasteiger partial charge in [0.05, 0.1) is 0 Å². The Morgan fingerprint density at radius 2 is 1.57 bits per heavy atom. The molecule has 0 aromatic rings. The Kier molecular flexibility index (Phi) is 10.2. The summed E-state index contributed by atoms with van der Waals surface area (Å²) >= 11 is 0. The highest BCUT2D eigenvalue weighted by atomic mass is 19.2. The van der Waals surface area contributed by atoms with Crippen LogP contribution < -0.4 is 0 Å². The minimum Gasteiger partial charge on any atom is -0.244 e. The summed E-state index contributed by atoms with van der Waals surface area (Å²) in [5.41, 5.74) is 0. The number of halogens is 4. The summed E-state index contributed by atoms with van der Waals surface area (Å²) in [4.78, 5) is 0. The lowest BCUT2D eigenvalue weighted by molar-refractivity contribution is -0.0582. The SMILES string of the molecule is C=CCCC(C)C(C)C(F)C(F)C(CC)C1CCC(C2CCC(C)CC2)C(F)C1F. The van der Waals surface area contributed by atoms with Gasteiger partial charge >= 0.3 is 0 Å². The van der Waals surface area contributed by atoms with Gasteiger partial charge in [0.15, 0.2) is 0 Å². The van der Waals surface area contributed by atoms with Crippen molar-refractivity contribution >= 4 is 0 Å².